The zero-order valence-corrected chi connectivity index (χ0v) is 12.7. The Morgan fingerprint density at radius 1 is 1.37 bits per heavy atom. The number of carbonyl (C=O) groups is 1. The van der Waals surface area contributed by atoms with Gasteiger partial charge in [-0.05, 0) is 45.4 Å². The summed E-state index contributed by atoms with van der Waals surface area (Å²) in [6, 6.07) is 0.327. The molecule has 1 amide bonds. The van der Waals surface area contributed by atoms with Gasteiger partial charge < -0.3 is 15.4 Å². The summed E-state index contributed by atoms with van der Waals surface area (Å²) in [7, 11) is 0. The van der Waals surface area contributed by atoms with Gasteiger partial charge in [0.1, 0.15) is 0 Å². The van der Waals surface area contributed by atoms with Gasteiger partial charge in [-0.1, -0.05) is 0 Å². The van der Waals surface area contributed by atoms with Crippen molar-refractivity contribution in [3.63, 3.8) is 0 Å². The van der Waals surface area contributed by atoms with E-state index in [0.717, 1.165) is 45.3 Å². The molecule has 2 N–H and O–H groups in total. The van der Waals surface area contributed by atoms with E-state index in [1.165, 1.54) is 6.42 Å². The van der Waals surface area contributed by atoms with Crippen molar-refractivity contribution in [2.24, 2.45) is 5.73 Å². The number of halogens is 1. The van der Waals surface area contributed by atoms with Crippen LogP contribution in [-0.4, -0.2) is 42.1 Å². The lowest BCUT2D eigenvalue weighted by Gasteiger charge is -2.38. The summed E-state index contributed by atoms with van der Waals surface area (Å²) in [5, 5.41) is 0. The Bertz CT molecular complexity index is 281. The highest BCUT2D eigenvalue weighted by molar-refractivity contribution is 5.85. The third kappa shape index (κ3) is 4.62. The molecule has 0 bridgehead atoms. The Morgan fingerprint density at radius 3 is 2.79 bits per heavy atom. The number of nitrogens with two attached hydrogens (primary N) is 1. The largest absolute Gasteiger partial charge is 0.378 e. The number of hydrogen-bond donors (Lipinski definition) is 1. The highest BCUT2D eigenvalue weighted by Gasteiger charge is 2.29. The van der Waals surface area contributed by atoms with Gasteiger partial charge in [0.15, 0.2) is 0 Å². The number of carbonyl (C=O) groups excluding carboxylic acids is 1. The predicted octanol–water partition coefficient (Wildman–Crippen LogP) is 2.10. The second-order valence-corrected chi connectivity index (χ2v) is 5.68. The summed E-state index contributed by atoms with van der Waals surface area (Å²) in [5.74, 6) is 0.271. The maximum atomic E-state index is 12.3. The van der Waals surface area contributed by atoms with Crippen molar-refractivity contribution in [1.29, 1.82) is 0 Å². The van der Waals surface area contributed by atoms with E-state index in [4.69, 9.17) is 10.5 Å². The number of amides is 1. The summed E-state index contributed by atoms with van der Waals surface area (Å²) in [6.07, 6.45) is 7.44. The van der Waals surface area contributed by atoms with Crippen LogP contribution in [0.2, 0.25) is 0 Å². The fourth-order valence-electron chi connectivity index (χ4n) is 3.11. The van der Waals surface area contributed by atoms with Crippen molar-refractivity contribution in [3.05, 3.63) is 0 Å². The van der Waals surface area contributed by atoms with Crippen LogP contribution in [0.15, 0.2) is 0 Å². The quantitative estimate of drug-likeness (QED) is 0.863. The Balaban J connectivity index is 0.00000180. The van der Waals surface area contributed by atoms with Crippen LogP contribution in [0.1, 0.15) is 51.9 Å². The average molecular weight is 291 g/mol. The summed E-state index contributed by atoms with van der Waals surface area (Å²) in [5.41, 5.74) is 6.00. The van der Waals surface area contributed by atoms with E-state index >= 15 is 0 Å². The van der Waals surface area contributed by atoms with Crippen LogP contribution in [0, 0.1) is 0 Å². The smallest absolute Gasteiger partial charge is 0.222 e. The fraction of sp³-hybridized carbons (Fsp3) is 0.929. The Morgan fingerprint density at radius 2 is 2.16 bits per heavy atom. The molecule has 2 aliphatic heterocycles. The zero-order chi connectivity index (χ0) is 13.0. The molecule has 3 atom stereocenters. The second-order valence-electron chi connectivity index (χ2n) is 5.68. The summed E-state index contributed by atoms with van der Waals surface area (Å²) >= 11 is 0. The molecule has 2 fully saturated rings. The molecule has 0 aromatic carbocycles. The molecule has 0 aromatic rings. The van der Waals surface area contributed by atoms with Gasteiger partial charge in [0.25, 0.3) is 0 Å². The standard InChI is InChI=1S/C14H26N2O2.ClH/c1-11(15)13-6-2-3-9-16(13)14(17)8-7-12-5-4-10-18-12;/h11-13H,2-10,15H2,1H3;1H. The van der Waals surface area contributed by atoms with Crippen LogP contribution in [0.4, 0.5) is 0 Å². The van der Waals surface area contributed by atoms with Crippen LogP contribution < -0.4 is 5.73 Å². The fourth-order valence-corrected chi connectivity index (χ4v) is 3.11. The lowest BCUT2D eigenvalue weighted by atomic mass is 9.96. The minimum absolute atomic E-state index is 0. The van der Waals surface area contributed by atoms with Gasteiger partial charge in [0.05, 0.1) is 6.10 Å². The molecule has 19 heavy (non-hydrogen) atoms. The van der Waals surface area contributed by atoms with Gasteiger partial charge >= 0.3 is 0 Å². The van der Waals surface area contributed by atoms with E-state index in [1.54, 1.807) is 0 Å². The minimum atomic E-state index is 0. The van der Waals surface area contributed by atoms with E-state index in [1.807, 2.05) is 11.8 Å². The first-order valence-electron chi connectivity index (χ1n) is 7.35. The first-order valence-corrected chi connectivity index (χ1v) is 7.35. The van der Waals surface area contributed by atoms with Crippen LogP contribution in [0.5, 0.6) is 0 Å². The highest BCUT2D eigenvalue weighted by Crippen LogP contribution is 2.22. The van der Waals surface area contributed by atoms with Crippen LogP contribution in [0.25, 0.3) is 0 Å². The Labute approximate surface area is 122 Å². The minimum Gasteiger partial charge on any atom is -0.378 e. The number of hydrogen-bond acceptors (Lipinski definition) is 3. The van der Waals surface area contributed by atoms with Gasteiger partial charge in [0.2, 0.25) is 5.91 Å². The van der Waals surface area contributed by atoms with Crippen molar-refractivity contribution in [1.82, 2.24) is 4.90 Å². The first kappa shape index (κ1) is 16.7. The molecule has 2 heterocycles. The molecule has 4 nitrogen and oxygen atoms in total. The molecular formula is C14H27ClN2O2. The van der Waals surface area contributed by atoms with Gasteiger partial charge in [-0.15, -0.1) is 12.4 Å². The number of rotatable bonds is 4. The highest BCUT2D eigenvalue weighted by atomic mass is 35.5. The van der Waals surface area contributed by atoms with E-state index < -0.39 is 0 Å². The lowest BCUT2D eigenvalue weighted by Crippen LogP contribution is -2.51. The van der Waals surface area contributed by atoms with E-state index in [0.29, 0.717) is 12.5 Å². The molecular weight excluding hydrogens is 264 g/mol. The van der Waals surface area contributed by atoms with Crippen molar-refractivity contribution in [2.45, 2.75) is 70.1 Å². The predicted molar refractivity (Wildman–Crippen MR) is 78.5 cm³/mol. The van der Waals surface area contributed by atoms with Crippen molar-refractivity contribution >= 4 is 18.3 Å². The molecule has 0 aromatic heterocycles. The van der Waals surface area contributed by atoms with Gasteiger partial charge in [0, 0.05) is 31.7 Å². The maximum Gasteiger partial charge on any atom is 0.222 e. The molecule has 0 radical (unpaired) electrons. The monoisotopic (exact) mass is 290 g/mol. The Hall–Kier alpha value is -0.320. The third-order valence-corrected chi connectivity index (χ3v) is 4.18. The summed E-state index contributed by atoms with van der Waals surface area (Å²) in [4.78, 5) is 14.3. The molecule has 2 rings (SSSR count). The topological polar surface area (TPSA) is 55.6 Å². The molecule has 2 aliphatic rings. The number of ether oxygens (including phenoxy) is 1. The molecule has 0 spiro atoms. The van der Waals surface area contributed by atoms with Gasteiger partial charge in [-0.3, -0.25) is 4.79 Å². The third-order valence-electron chi connectivity index (χ3n) is 4.18. The number of likely N-dealkylation sites (tertiary alicyclic amines) is 1. The Kier molecular flexibility index (Phi) is 7.11. The van der Waals surface area contributed by atoms with Gasteiger partial charge in [-0.25, -0.2) is 0 Å². The normalized spacial score (nSPS) is 28.8. The molecule has 2 saturated heterocycles. The van der Waals surface area contributed by atoms with Crippen LogP contribution >= 0.6 is 12.4 Å². The van der Waals surface area contributed by atoms with Crippen molar-refractivity contribution in [2.75, 3.05) is 13.2 Å². The van der Waals surface area contributed by atoms with Crippen molar-refractivity contribution in [3.8, 4) is 0 Å². The average Bonchev–Trinajstić information content (AvgIpc) is 2.89. The summed E-state index contributed by atoms with van der Waals surface area (Å²) < 4.78 is 5.57. The summed E-state index contributed by atoms with van der Waals surface area (Å²) in [6.45, 7) is 3.76. The van der Waals surface area contributed by atoms with Crippen molar-refractivity contribution < 1.29 is 9.53 Å². The first-order chi connectivity index (χ1) is 8.68. The zero-order valence-electron chi connectivity index (χ0n) is 11.8. The number of nitrogens with zero attached hydrogens (tertiary/aromatic N) is 1. The number of piperidine rings is 1. The van der Waals surface area contributed by atoms with E-state index in [2.05, 4.69) is 0 Å². The molecule has 5 heteroatoms. The van der Waals surface area contributed by atoms with E-state index in [9.17, 15) is 4.79 Å². The molecule has 3 unspecified atom stereocenters. The molecule has 0 saturated carbocycles. The lowest BCUT2D eigenvalue weighted by molar-refractivity contribution is -0.136. The van der Waals surface area contributed by atoms with Crippen LogP contribution in [-0.2, 0) is 9.53 Å². The second kappa shape index (κ2) is 8.08. The molecule has 112 valence electrons. The molecule has 0 aliphatic carbocycles. The van der Waals surface area contributed by atoms with E-state index in [-0.39, 0.29) is 30.4 Å². The van der Waals surface area contributed by atoms with Crippen LogP contribution in [0.3, 0.4) is 0 Å². The van der Waals surface area contributed by atoms with Gasteiger partial charge in [-0.2, -0.15) is 0 Å². The maximum absolute atomic E-state index is 12.3. The SMILES string of the molecule is CC(N)C1CCCCN1C(=O)CCC1CCCO1.Cl.